The van der Waals surface area contributed by atoms with E-state index in [9.17, 15) is 14.7 Å². The van der Waals surface area contributed by atoms with Crippen LogP contribution in [0.4, 0.5) is 0 Å². The minimum Gasteiger partial charge on any atom is -0.479 e. The van der Waals surface area contributed by atoms with Crippen molar-refractivity contribution in [1.82, 2.24) is 4.90 Å². The number of fused-ring (bicyclic) bond motifs is 1. The van der Waals surface area contributed by atoms with Crippen molar-refractivity contribution in [3.63, 3.8) is 0 Å². The first-order chi connectivity index (χ1) is 9.41. The van der Waals surface area contributed by atoms with Gasteiger partial charge in [0.25, 0.3) is 0 Å². The summed E-state index contributed by atoms with van der Waals surface area (Å²) in [6, 6.07) is 0.277. The largest absolute Gasteiger partial charge is 0.479 e. The molecule has 1 amide bonds. The molecule has 1 aliphatic heterocycles. The number of nitrogens with two attached hydrogens (primary N) is 1. The van der Waals surface area contributed by atoms with Crippen molar-refractivity contribution < 1.29 is 14.7 Å². The molecule has 2 unspecified atom stereocenters. The molecule has 0 aliphatic carbocycles. The Kier molecular flexibility index (Phi) is 4.45. The van der Waals surface area contributed by atoms with E-state index >= 15 is 0 Å². The Morgan fingerprint density at radius 2 is 2.25 bits per heavy atom. The lowest BCUT2D eigenvalue weighted by Crippen LogP contribution is -2.50. The minimum absolute atomic E-state index is 0.261. The van der Waals surface area contributed by atoms with E-state index in [1.165, 1.54) is 4.90 Å². The predicted octanol–water partition coefficient (Wildman–Crippen LogP) is 1.63. The molecule has 2 heterocycles. The fraction of sp³-hybridized carbons (Fsp3) is 0.571. The molecule has 0 saturated carbocycles. The summed E-state index contributed by atoms with van der Waals surface area (Å²) in [6.07, 6.45) is 1.27. The summed E-state index contributed by atoms with van der Waals surface area (Å²) in [5.41, 5.74) is 6.66. The molecule has 1 aliphatic rings. The van der Waals surface area contributed by atoms with Crippen LogP contribution in [0, 0.1) is 5.92 Å². The van der Waals surface area contributed by atoms with Crippen LogP contribution in [0.15, 0.2) is 11.4 Å². The van der Waals surface area contributed by atoms with E-state index in [4.69, 9.17) is 5.73 Å². The highest BCUT2D eigenvalue weighted by Gasteiger charge is 2.38. The highest BCUT2D eigenvalue weighted by Crippen LogP contribution is 2.33. The van der Waals surface area contributed by atoms with Crippen molar-refractivity contribution >= 4 is 23.2 Å². The topological polar surface area (TPSA) is 83.6 Å². The van der Waals surface area contributed by atoms with Crippen molar-refractivity contribution in [2.75, 3.05) is 6.54 Å². The summed E-state index contributed by atoms with van der Waals surface area (Å²) in [6.45, 7) is 4.42. The van der Waals surface area contributed by atoms with Crippen LogP contribution < -0.4 is 5.73 Å². The highest BCUT2D eigenvalue weighted by molar-refractivity contribution is 7.10. The monoisotopic (exact) mass is 296 g/mol. The zero-order valence-corrected chi connectivity index (χ0v) is 12.5. The standard InChI is InChI=1S/C14H20N2O3S/c1-8(2)7-10(15)13(17)16-5-3-11-9(4-6-20-11)12(16)14(18)19/h4,6,8,10,12H,3,5,7,15H2,1-2H3,(H,18,19). The summed E-state index contributed by atoms with van der Waals surface area (Å²) in [5.74, 6) is -0.948. The average molecular weight is 296 g/mol. The van der Waals surface area contributed by atoms with Gasteiger partial charge in [-0.1, -0.05) is 13.8 Å². The van der Waals surface area contributed by atoms with Crippen molar-refractivity contribution in [3.05, 3.63) is 21.9 Å². The lowest BCUT2D eigenvalue weighted by molar-refractivity contribution is -0.151. The molecule has 0 saturated heterocycles. The number of carboxylic acid groups (broad SMARTS) is 1. The molecule has 3 N–H and O–H groups in total. The number of carbonyl (C=O) groups excluding carboxylic acids is 1. The average Bonchev–Trinajstić information content (AvgIpc) is 2.83. The highest BCUT2D eigenvalue weighted by atomic mass is 32.1. The van der Waals surface area contributed by atoms with Gasteiger partial charge in [-0.15, -0.1) is 11.3 Å². The summed E-state index contributed by atoms with van der Waals surface area (Å²) in [7, 11) is 0. The van der Waals surface area contributed by atoms with Gasteiger partial charge in [0.15, 0.2) is 6.04 Å². The first-order valence-corrected chi connectivity index (χ1v) is 7.65. The van der Waals surface area contributed by atoms with E-state index < -0.39 is 18.1 Å². The number of nitrogens with zero attached hydrogens (tertiary/aromatic N) is 1. The number of hydrogen-bond acceptors (Lipinski definition) is 4. The van der Waals surface area contributed by atoms with E-state index in [2.05, 4.69) is 0 Å². The van der Waals surface area contributed by atoms with Crippen LogP contribution in [0.3, 0.4) is 0 Å². The molecule has 0 bridgehead atoms. The molecular formula is C14H20N2O3S. The molecule has 1 aromatic heterocycles. The Morgan fingerprint density at radius 1 is 1.55 bits per heavy atom. The van der Waals surface area contributed by atoms with Crippen LogP contribution in [-0.4, -0.2) is 34.5 Å². The third kappa shape index (κ3) is 2.86. The second-order valence-corrected chi connectivity index (χ2v) is 6.56. The van der Waals surface area contributed by atoms with Gasteiger partial charge in [0, 0.05) is 11.4 Å². The molecule has 20 heavy (non-hydrogen) atoms. The fourth-order valence-electron chi connectivity index (χ4n) is 2.64. The maximum absolute atomic E-state index is 12.4. The molecule has 2 atom stereocenters. The third-order valence-corrected chi connectivity index (χ3v) is 4.52. The van der Waals surface area contributed by atoms with Gasteiger partial charge in [-0.25, -0.2) is 4.79 Å². The van der Waals surface area contributed by atoms with Crippen LogP contribution in [0.25, 0.3) is 0 Å². The van der Waals surface area contributed by atoms with Crippen molar-refractivity contribution in [2.24, 2.45) is 11.7 Å². The lowest BCUT2D eigenvalue weighted by Gasteiger charge is -2.35. The van der Waals surface area contributed by atoms with E-state index in [-0.39, 0.29) is 5.91 Å². The molecule has 1 aromatic rings. The number of thiophene rings is 1. The van der Waals surface area contributed by atoms with Crippen LogP contribution in [0.2, 0.25) is 0 Å². The molecule has 110 valence electrons. The Morgan fingerprint density at radius 3 is 2.85 bits per heavy atom. The second kappa shape index (κ2) is 5.93. The van der Waals surface area contributed by atoms with Crippen molar-refractivity contribution in [3.8, 4) is 0 Å². The molecule has 5 nitrogen and oxygen atoms in total. The minimum atomic E-state index is -0.991. The van der Waals surface area contributed by atoms with Crippen LogP contribution >= 0.6 is 11.3 Å². The van der Waals surface area contributed by atoms with Crippen molar-refractivity contribution in [1.29, 1.82) is 0 Å². The van der Waals surface area contributed by atoms with Gasteiger partial charge in [-0.05, 0) is 35.8 Å². The first kappa shape index (κ1) is 15.0. The SMILES string of the molecule is CC(C)CC(N)C(=O)N1CCc2sccc2C1C(=O)O. The zero-order valence-electron chi connectivity index (χ0n) is 11.7. The van der Waals surface area contributed by atoms with E-state index in [1.54, 1.807) is 17.4 Å². The van der Waals surface area contributed by atoms with Crippen LogP contribution in [-0.2, 0) is 16.0 Å². The predicted molar refractivity (Wildman–Crippen MR) is 77.5 cm³/mol. The maximum atomic E-state index is 12.4. The van der Waals surface area contributed by atoms with Gasteiger partial charge in [0.1, 0.15) is 0 Å². The third-order valence-electron chi connectivity index (χ3n) is 3.53. The van der Waals surface area contributed by atoms with Crippen LogP contribution in [0.5, 0.6) is 0 Å². The quantitative estimate of drug-likeness (QED) is 0.884. The summed E-state index contributed by atoms with van der Waals surface area (Å²) in [4.78, 5) is 26.4. The first-order valence-electron chi connectivity index (χ1n) is 6.77. The smallest absolute Gasteiger partial charge is 0.331 e. The van der Waals surface area contributed by atoms with Crippen LogP contribution in [0.1, 0.15) is 36.8 Å². The second-order valence-electron chi connectivity index (χ2n) is 5.56. The van der Waals surface area contributed by atoms with Gasteiger partial charge in [-0.2, -0.15) is 0 Å². The van der Waals surface area contributed by atoms with Gasteiger partial charge in [-0.3, -0.25) is 4.79 Å². The number of hydrogen-bond donors (Lipinski definition) is 2. The Bertz CT molecular complexity index is 512. The zero-order chi connectivity index (χ0) is 14.9. The summed E-state index contributed by atoms with van der Waals surface area (Å²) >= 11 is 1.55. The van der Waals surface area contributed by atoms with E-state index in [0.29, 0.717) is 25.3 Å². The molecule has 0 spiro atoms. The molecule has 0 aromatic carbocycles. The maximum Gasteiger partial charge on any atom is 0.331 e. The molecule has 0 fully saturated rings. The number of carbonyl (C=O) groups is 2. The number of rotatable bonds is 4. The normalized spacial score (nSPS) is 19.8. The lowest BCUT2D eigenvalue weighted by atomic mass is 9.97. The number of carboxylic acids is 1. The molecular weight excluding hydrogens is 276 g/mol. The number of aliphatic carboxylic acids is 1. The Balaban J connectivity index is 2.23. The Hall–Kier alpha value is -1.40. The summed E-state index contributed by atoms with van der Waals surface area (Å²) < 4.78 is 0. The van der Waals surface area contributed by atoms with E-state index in [1.807, 2.05) is 19.2 Å². The van der Waals surface area contributed by atoms with Gasteiger partial charge in [0.2, 0.25) is 5.91 Å². The molecule has 0 radical (unpaired) electrons. The Labute approximate surface area is 122 Å². The number of amides is 1. The molecule has 2 rings (SSSR count). The molecule has 6 heteroatoms. The fourth-order valence-corrected chi connectivity index (χ4v) is 3.55. The van der Waals surface area contributed by atoms with E-state index in [0.717, 1.165) is 10.4 Å². The summed E-state index contributed by atoms with van der Waals surface area (Å²) in [5, 5.41) is 11.3. The van der Waals surface area contributed by atoms with Gasteiger partial charge < -0.3 is 15.7 Å². The van der Waals surface area contributed by atoms with Gasteiger partial charge >= 0.3 is 5.97 Å². The van der Waals surface area contributed by atoms with Gasteiger partial charge in [0.05, 0.1) is 6.04 Å². The van der Waals surface area contributed by atoms with Crippen molar-refractivity contribution in [2.45, 2.75) is 38.8 Å².